The van der Waals surface area contributed by atoms with Crippen molar-refractivity contribution < 1.29 is 34.4 Å². The first-order valence-electron chi connectivity index (χ1n) is 0.632. The van der Waals surface area contributed by atoms with E-state index in [2.05, 4.69) is 0 Å². The maximum atomic E-state index is 8.60. The zero-order chi connectivity index (χ0) is 4.50. The van der Waals surface area contributed by atoms with Crippen molar-refractivity contribution in [2.45, 2.75) is 0 Å². The van der Waals surface area contributed by atoms with E-state index in [1.54, 1.807) is 0 Å². The first-order valence-corrected chi connectivity index (χ1v) is 1.90. The molecular weight excluding hydrogens is 203 g/mol. The van der Waals surface area contributed by atoms with Gasteiger partial charge in [-0.3, -0.25) is 0 Å². The van der Waals surface area contributed by atoms with Crippen LogP contribution in [0.15, 0.2) is 0 Å². The number of hydrogen-bond acceptors (Lipinski definition) is 4. The molecule has 0 spiro atoms. The summed E-state index contributed by atoms with van der Waals surface area (Å²) in [5.74, 6) is 0. The molecule has 0 aliphatic carbocycles. The molecule has 3 N–H and O–H groups in total. The summed E-state index contributed by atoms with van der Waals surface area (Å²) in [6.45, 7) is 0. The van der Waals surface area contributed by atoms with Gasteiger partial charge in [-0.05, 0) is 0 Å². The van der Waals surface area contributed by atoms with Crippen LogP contribution in [0.1, 0.15) is 0 Å². The van der Waals surface area contributed by atoms with Crippen molar-refractivity contribution in [1.82, 2.24) is 0 Å². The molecule has 0 aromatic carbocycles. The van der Waals surface area contributed by atoms with E-state index in [1.165, 1.54) is 0 Å². The van der Waals surface area contributed by atoms with Gasteiger partial charge >= 0.3 is 45.5 Å². The molecule has 0 saturated carbocycles. The molecule has 0 fully saturated rings. The first-order chi connectivity index (χ1) is 2.00. The Balaban J connectivity index is -0.0000000800. The van der Waals surface area contributed by atoms with E-state index in [-0.39, 0.29) is 51.0 Å². The summed E-state index contributed by atoms with van der Waals surface area (Å²) in [4.78, 5) is 0. The van der Waals surface area contributed by atoms with Crippen LogP contribution in [0.5, 0.6) is 0 Å². The predicted octanol–water partition coefficient (Wildman–Crippen LogP) is -5.86. The van der Waals surface area contributed by atoms with Crippen molar-refractivity contribution in [3.8, 4) is 0 Å². The third kappa shape index (κ3) is 95.2. The van der Waals surface area contributed by atoms with Crippen molar-refractivity contribution in [3.05, 3.63) is 0 Å². The Morgan fingerprint density at radius 3 is 1.14 bits per heavy atom. The third-order valence-electron chi connectivity index (χ3n) is 0. The van der Waals surface area contributed by atoms with Crippen LogP contribution in [0.4, 0.5) is 0 Å². The Morgan fingerprint density at radius 1 is 1.14 bits per heavy atom. The Bertz CT molecular complexity index is 23.6. The fourth-order valence-corrected chi connectivity index (χ4v) is 0. The third-order valence-corrected chi connectivity index (χ3v) is 0. The van der Waals surface area contributed by atoms with Crippen LogP contribution in [0, 0.1) is 10.2 Å². The van der Waals surface area contributed by atoms with Gasteiger partial charge in [0.15, 0.2) is 0 Å². The molecule has 44 valence electrons. The van der Waals surface area contributed by atoms with Crippen LogP contribution in [-0.4, -0.2) is 55.6 Å². The molecule has 0 atom stereocenters. The number of halogens is 1. The van der Waals surface area contributed by atoms with Crippen LogP contribution in [0.3, 0.4) is 0 Å². The van der Waals surface area contributed by atoms with Crippen molar-refractivity contribution in [2.75, 3.05) is 0 Å². The summed E-state index contributed by atoms with van der Waals surface area (Å²) < 4.78 is 32.7. The van der Waals surface area contributed by atoms with Gasteiger partial charge < -0.3 is 5.48 Å². The minimum absolute atomic E-state index is 0. The van der Waals surface area contributed by atoms with Gasteiger partial charge in [-0.25, -0.2) is 0 Å². The zero-order valence-corrected chi connectivity index (χ0v) is 3.31. The van der Waals surface area contributed by atoms with E-state index in [4.69, 9.17) is 18.6 Å². The zero-order valence-electron chi connectivity index (χ0n) is 2.55. The molecule has 0 saturated heterocycles. The molecule has 0 amide bonds. The minimum atomic E-state index is -4.69. The van der Waals surface area contributed by atoms with Crippen LogP contribution in [0.2, 0.25) is 0 Å². The predicted molar refractivity (Wildman–Crippen MR) is 14.4 cm³/mol. The monoisotopic (exact) mass is 208 g/mol. The first kappa shape index (κ1) is 15.8. The van der Waals surface area contributed by atoms with E-state index < -0.39 is 10.2 Å². The van der Waals surface area contributed by atoms with Crippen molar-refractivity contribution in [2.24, 2.45) is 0 Å². The Kier molecular flexibility index (Phi) is 12.9. The molecule has 7 heteroatoms. The van der Waals surface area contributed by atoms with E-state index in [0.717, 1.165) is 0 Å². The van der Waals surface area contributed by atoms with Gasteiger partial charge in [0.1, 0.15) is 0 Å². The van der Waals surface area contributed by atoms with Crippen molar-refractivity contribution >= 4 is 45.5 Å². The quantitative estimate of drug-likeness (QED) is 0.398. The van der Waals surface area contributed by atoms with Crippen LogP contribution < -0.4 is 14.0 Å². The fourth-order valence-electron chi connectivity index (χ4n) is 0. The van der Waals surface area contributed by atoms with Gasteiger partial charge in [0.25, 0.3) is 0 Å². The second-order valence-electron chi connectivity index (χ2n) is 0.396. The summed E-state index contributed by atoms with van der Waals surface area (Å²) in [6.07, 6.45) is 0. The summed E-state index contributed by atoms with van der Waals surface area (Å²) in [7, 11) is -4.69. The molecule has 0 rings (SSSR count). The maximum absolute atomic E-state index is 8.60. The second-order valence-corrected chi connectivity index (χ2v) is 1.19. The van der Waals surface area contributed by atoms with Gasteiger partial charge in [0, 0.05) is 0 Å². The summed E-state index contributed by atoms with van der Waals surface area (Å²) in [5.41, 5.74) is 0. The summed E-state index contributed by atoms with van der Waals surface area (Å²) >= 11 is 0. The SMILES string of the molecule is O.[O-][Cl+3]([O-])([O-])O.[SrH2]. The molecular formula is H5ClO5Sr. The molecule has 0 unspecified atom stereocenters. The topological polar surface area (TPSA) is 121 Å². The van der Waals surface area contributed by atoms with E-state index in [0.29, 0.717) is 0 Å². The Labute approximate surface area is 78.9 Å². The Hall–Kier alpha value is 1.57. The van der Waals surface area contributed by atoms with E-state index in [9.17, 15) is 0 Å². The van der Waals surface area contributed by atoms with Gasteiger partial charge in [-0.15, -0.1) is 0 Å². The van der Waals surface area contributed by atoms with Gasteiger partial charge in [0.05, 0.1) is 14.9 Å². The average molecular weight is 208 g/mol. The standard InChI is InChI=1S/ClHO4.H2O.Sr.2H/c2-1(3,4)5;;;;/h(H,2,3,4,5);1H2;;;. The summed E-state index contributed by atoms with van der Waals surface area (Å²) in [6, 6.07) is 0. The number of rotatable bonds is 0. The normalized spacial score (nSPS) is 8.57. The molecule has 0 aromatic rings. The Morgan fingerprint density at radius 2 is 1.14 bits per heavy atom. The summed E-state index contributed by atoms with van der Waals surface area (Å²) in [5, 5.41) is 0. The number of hydrogen-bond donors (Lipinski definition) is 1. The molecule has 0 aliphatic rings. The molecule has 0 aromatic heterocycles. The molecule has 0 heterocycles. The van der Waals surface area contributed by atoms with Crippen LogP contribution in [0.25, 0.3) is 0 Å². The second kappa shape index (κ2) is 5.70. The molecule has 0 bridgehead atoms. The average Bonchev–Trinajstić information content (AvgIpc) is 0.722. The van der Waals surface area contributed by atoms with Crippen LogP contribution >= 0.6 is 0 Å². The van der Waals surface area contributed by atoms with Crippen molar-refractivity contribution in [1.29, 1.82) is 0 Å². The van der Waals surface area contributed by atoms with Gasteiger partial charge in [-0.2, -0.15) is 14.0 Å². The van der Waals surface area contributed by atoms with Crippen LogP contribution in [-0.2, 0) is 0 Å². The van der Waals surface area contributed by atoms with E-state index in [1.807, 2.05) is 0 Å². The van der Waals surface area contributed by atoms with Gasteiger partial charge in [-0.1, -0.05) is 0 Å². The molecule has 0 radical (unpaired) electrons. The molecule has 0 aliphatic heterocycles. The molecule has 7 heavy (non-hydrogen) atoms. The molecule has 5 nitrogen and oxygen atoms in total. The fraction of sp³-hybridized carbons (Fsp3) is 0. The van der Waals surface area contributed by atoms with Crippen molar-refractivity contribution in [3.63, 3.8) is 0 Å². The van der Waals surface area contributed by atoms with Gasteiger partial charge in [0.2, 0.25) is 0 Å². The van der Waals surface area contributed by atoms with E-state index >= 15 is 0 Å².